The summed E-state index contributed by atoms with van der Waals surface area (Å²) in [5, 5.41) is 85.5. The highest BCUT2D eigenvalue weighted by Crippen LogP contribution is 2.69. The minimum absolute atomic E-state index is 0.0245. The quantitative estimate of drug-likeness (QED) is 0.159. The van der Waals surface area contributed by atoms with Crippen LogP contribution >= 0.6 is 0 Å². The van der Waals surface area contributed by atoms with Gasteiger partial charge in [-0.1, -0.05) is 39.3 Å². The number of hydrogen-bond donors (Lipinski definition) is 8. The van der Waals surface area contributed by atoms with Gasteiger partial charge in [0.2, 0.25) is 0 Å². The summed E-state index contributed by atoms with van der Waals surface area (Å²) in [6.07, 6.45) is -2.96. The normalized spacial score (nSPS) is 54.1. The van der Waals surface area contributed by atoms with E-state index in [-0.39, 0.29) is 47.0 Å². The molecule has 0 aromatic rings. The number of allylic oxidation sites excluding steroid dienone is 2. The largest absolute Gasteiger partial charge is 0.481 e. The van der Waals surface area contributed by atoms with Gasteiger partial charge >= 0.3 is 5.97 Å². The van der Waals surface area contributed by atoms with Crippen LogP contribution in [0, 0.1) is 51.2 Å². The fraction of sp³-hybridized carbons (Fsp3) is 0.912. The van der Waals surface area contributed by atoms with Crippen LogP contribution in [0.5, 0.6) is 0 Å². The third-order valence-corrected chi connectivity index (χ3v) is 13.9. The molecule has 5 fully saturated rings. The Labute approximate surface area is 265 Å². The standard InChI is InChI=1S/C34H54O11/c1-31(2)9-10-34(30(42)43)21(12-31)20-6-5-16-17-11-22(37)28(45-29-27(41)26(40)25(39)23(14-35)44-29)33(4,15-36)19(17)8-7-18(16)32(20,3)13-24(34)38/h6,16-19,21-29,35-41H,5,7-15H2,1-4H3,(H,42,43)/t16?,17?,18?,19?,21?,22-,23?,24+,25+,26+,27?,28-,29-,32-,33+,34+/m0/s1. The summed E-state index contributed by atoms with van der Waals surface area (Å²) >= 11 is 0. The van der Waals surface area contributed by atoms with Gasteiger partial charge in [-0.3, -0.25) is 4.79 Å². The van der Waals surface area contributed by atoms with Crippen molar-refractivity contribution in [2.45, 2.75) is 128 Å². The molecular weight excluding hydrogens is 584 g/mol. The molecule has 45 heavy (non-hydrogen) atoms. The van der Waals surface area contributed by atoms with Crippen molar-refractivity contribution in [3.05, 3.63) is 11.6 Å². The predicted molar refractivity (Wildman–Crippen MR) is 160 cm³/mol. The van der Waals surface area contributed by atoms with Gasteiger partial charge in [0.15, 0.2) is 6.29 Å². The van der Waals surface area contributed by atoms with Crippen LogP contribution in [0.25, 0.3) is 0 Å². The molecule has 5 aliphatic carbocycles. The second-order valence-electron chi connectivity index (χ2n) is 16.6. The molecule has 4 saturated carbocycles. The Morgan fingerprint density at radius 3 is 2.27 bits per heavy atom. The van der Waals surface area contributed by atoms with E-state index in [1.54, 1.807) is 0 Å². The minimum Gasteiger partial charge on any atom is -0.481 e. The van der Waals surface area contributed by atoms with Crippen molar-refractivity contribution >= 4 is 5.97 Å². The molecule has 0 aromatic carbocycles. The molecule has 1 aliphatic heterocycles. The van der Waals surface area contributed by atoms with E-state index in [4.69, 9.17) is 9.47 Å². The smallest absolute Gasteiger partial charge is 0.312 e. The van der Waals surface area contributed by atoms with E-state index in [0.29, 0.717) is 19.3 Å². The van der Waals surface area contributed by atoms with Crippen LogP contribution in [0.1, 0.15) is 79.1 Å². The lowest BCUT2D eigenvalue weighted by molar-refractivity contribution is -0.338. The molecular formula is C34H54O11. The zero-order valence-electron chi connectivity index (χ0n) is 27.0. The van der Waals surface area contributed by atoms with Crippen molar-refractivity contribution in [3.8, 4) is 0 Å². The summed E-state index contributed by atoms with van der Waals surface area (Å²) in [5.41, 5.74) is -1.31. The average molecular weight is 639 g/mol. The van der Waals surface area contributed by atoms with Crippen LogP contribution in [-0.4, -0.2) is 109 Å². The molecule has 7 unspecified atom stereocenters. The second-order valence-corrected chi connectivity index (χ2v) is 16.6. The molecule has 6 rings (SSSR count). The van der Waals surface area contributed by atoms with E-state index >= 15 is 0 Å². The van der Waals surface area contributed by atoms with Gasteiger partial charge in [-0.15, -0.1) is 0 Å². The number of carbonyl (C=O) groups is 1. The van der Waals surface area contributed by atoms with Gasteiger partial charge in [-0.25, -0.2) is 0 Å². The summed E-state index contributed by atoms with van der Waals surface area (Å²) in [6, 6.07) is 0. The lowest BCUT2D eigenvalue weighted by atomic mass is 9.40. The number of fused-ring (bicyclic) bond motifs is 7. The molecule has 0 bridgehead atoms. The zero-order valence-corrected chi connectivity index (χ0v) is 27.0. The molecule has 0 amide bonds. The molecule has 11 nitrogen and oxygen atoms in total. The summed E-state index contributed by atoms with van der Waals surface area (Å²) < 4.78 is 11.8. The van der Waals surface area contributed by atoms with E-state index < -0.39 is 72.4 Å². The number of aliphatic hydroxyl groups is 7. The van der Waals surface area contributed by atoms with Crippen molar-refractivity contribution < 1.29 is 55.1 Å². The number of aliphatic carboxylic acids is 1. The summed E-state index contributed by atoms with van der Waals surface area (Å²) in [5.74, 6) is -0.797. The van der Waals surface area contributed by atoms with E-state index in [0.717, 1.165) is 32.1 Å². The topological polar surface area (TPSA) is 197 Å². The first kappa shape index (κ1) is 33.7. The fourth-order valence-corrected chi connectivity index (χ4v) is 11.3. The van der Waals surface area contributed by atoms with E-state index in [9.17, 15) is 45.6 Å². The predicted octanol–water partition coefficient (Wildman–Crippen LogP) is 1.19. The van der Waals surface area contributed by atoms with Gasteiger partial charge in [-0.05, 0) is 91.8 Å². The first-order chi connectivity index (χ1) is 21.1. The first-order valence-electron chi connectivity index (χ1n) is 16.9. The lowest BCUT2D eigenvalue weighted by Gasteiger charge is -2.65. The SMILES string of the molecule is CC1(C)CC[C@@]2(C(=O)O)C(C1)C1=CCC3C4C[C@H](O)[C@H](O[C@@H]5OC(CO)[C@@H](O)[C@@H](O)C5O)[C@](C)(CO)C4CCC3[C@]1(C)C[C@H]2O. The molecule has 8 N–H and O–H groups in total. The maximum absolute atomic E-state index is 12.9. The monoisotopic (exact) mass is 638 g/mol. The number of ether oxygens (including phenoxy) is 2. The minimum atomic E-state index is -1.62. The third-order valence-electron chi connectivity index (χ3n) is 13.9. The number of aliphatic hydroxyl groups excluding tert-OH is 7. The number of hydrogen-bond acceptors (Lipinski definition) is 10. The Hall–Kier alpha value is -1.15. The Kier molecular flexibility index (Phi) is 8.61. The van der Waals surface area contributed by atoms with Gasteiger partial charge in [0, 0.05) is 5.41 Å². The Balaban J connectivity index is 1.29. The van der Waals surface area contributed by atoms with Crippen molar-refractivity contribution in [1.29, 1.82) is 0 Å². The highest BCUT2D eigenvalue weighted by atomic mass is 16.7. The van der Waals surface area contributed by atoms with Gasteiger partial charge in [0.1, 0.15) is 29.8 Å². The zero-order chi connectivity index (χ0) is 32.9. The molecule has 0 aromatic heterocycles. The van der Waals surface area contributed by atoms with Gasteiger partial charge in [-0.2, -0.15) is 0 Å². The molecule has 0 spiro atoms. The summed E-state index contributed by atoms with van der Waals surface area (Å²) in [7, 11) is 0. The van der Waals surface area contributed by atoms with Gasteiger partial charge in [0.25, 0.3) is 0 Å². The van der Waals surface area contributed by atoms with Crippen LogP contribution < -0.4 is 0 Å². The van der Waals surface area contributed by atoms with Crippen LogP contribution in [0.4, 0.5) is 0 Å². The molecule has 1 saturated heterocycles. The summed E-state index contributed by atoms with van der Waals surface area (Å²) in [4.78, 5) is 12.9. The molecule has 0 radical (unpaired) electrons. The van der Waals surface area contributed by atoms with Crippen molar-refractivity contribution in [1.82, 2.24) is 0 Å². The third kappa shape index (κ3) is 4.90. The number of carboxylic acid groups (broad SMARTS) is 1. The number of carboxylic acids is 1. The first-order valence-corrected chi connectivity index (χ1v) is 16.9. The average Bonchev–Trinajstić information content (AvgIpc) is 2.98. The van der Waals surface area contributed by atoms with Crippen molar-refractivity contribution in [2.24, 2.45) is 51.2 Å². The highest BCUT2D eigenvalue weighted by Gasteiger charge is 2.67. The number of rotatable bonds is 5. The Morgan fingerprint density at radius 2 is 1.62 bits per heavy atom. The summed E-state index contributed by atoms with van der Waals surface area (Å²) in [6.45, 7) is 7.58. The van der Waals surface area contributed by atoms with E-state index in [1.165, 1.54) is 5.57 Å². The maximum atomic E-state index is 12.9. The van der Waals surface area contributed by atoms with Crippen LogP contribution in [0.15, 0.2) is 11.6 Å². The lowest BCUT2D eigenvalue weighted by Crippen LogP contribution is -2.66. The Morgan fingerprint density at radius 1 is 0.933 bits per heavy atom. The van der Waals surface area contributed by atoms with E-state index in [2.05, 4.69) is 26.8 Å². The molecule has 256 valence electrons. The van der Waals surface area contributed by atoms with Gasteiger partial charge < -0.3 is 50.3 Å². The van der Waals surface area contributed by atoms with Crippen LogP contribution in [-0.2, 0) is 14.3 Å². The van der Waals surface area contributed by atoms with Gasteiger partial charge in [0.05, 0.1) is 31.5 Å². The highest BCUT2D eigenvalue weighted by molar-refractivity contribution is 5.77. The molecule has 11 heteroatoms. The van der Waals surface area contributed by atoms with Crippen LogP contribution in [0.2, 0.25) is 0 Å². The second kappa shape index (κ2) is 11.5. The molecule has 6 aliphatic rings. The van der Waals surface area contributed by atoms with Crippen molar-refractivity contribution in [2.75, 3.05) is 13.2 Å². The molecule has 1 heterocycles. The fourth-order valence-electron chi connectivity index (χ4n) is 11.3. The van der Waals surface area contributed by atoms with E-state index in [1.807, 2.05) is 6.92 Å². The molecule has 16 atom stereocenters. The van der Waals surface area contributed by atoms with Crippen LogP contribution in [0.3, 0.4) is 0 Å². The van der Waals surface area contributed by atoms with Crippen molar-refractivity contribution in [3.63, 3.8) is 0 Å². The Bertz CT molecular complexity index is 1170. The maximum Gasteiger partial charge on any atom is 0.312 e.